The van der Waals surface area contributed by atoms with Crippen molar-refractivity contribution < 1.29 is 14.6 Å². The van der Waals surface area contributed by atoms with Gasteiger partial charge in [-0.25, -0.2) is 0 Å². The van der Waals surface area contributed by atoms with Crippen LogP contribution >= 0.6 is 0 Å². The van der Waals surface area contributed by atoms with Gasteiger partial charge in [0.2, 0.25) is 0 Å². The van der Waals surface area contributed by atoms with Crippen molar-refractivity contribution in [2.75, 3.05) is 13.2 Å². The van der Waals surface area contributed by atoms with Crippen LogP contribution in [0.15, 0.2) is 12.1 Å². The average molecular weight is 278 g/mol. The van der Waals surface area contributed by atoms with Crippen molar-refractivity contribution in [3.63, 3.8) is 0 Å². The zero-order valence-corrected chi connectivity index (χ0v) is 12.7. The maximum absolute atomic E-state index is 10.3. The van der Waals surface area contributed by atoms with Crippen molar-refractivity contribution in [1.29, 1.82) is 0 Å². The quantitative estimate of drug-likeness (QED) is 0.799. The van der Waals surface area contributed by atoms with E-state index in [2.05, 4.69) is 19.9 Å². The Kier molecular flexibility index (Phi) is 5.72. The van der Waals surface area contributed by atoms with E-state index in [1.165, 1.54) is 5.56 Å². The van der Waals surface area contributed by atoms with E-state index >= 15 is 0 Å². The van der Waals surface area contributed by atoms with E-state index in [1.807, 2.05) is 6.07 Å². The lowest BCUT2D eigenvalue weighted by Gasteiger charge is -2.18. The predicted octanol–water partition coefficient (Wildman–Crippen LogP) is 4.02. The molecule has 0 bridgehead atoms. The van der Waals surface area contributed by atoms with E-state index in [0.29, 0.717) is 13.2 Å². The molecule has 0 saturated heterocycles. The number of rotatable bonds is 6. The fraction of sp³-hybridized carbons (Fsp3) is 0.647. The topological polar surface area (TPSA) is 38.7 Å². The number of fused-ring (bicyclic) bond motifs is 1. The van der Waals surface area contributed by atoms with Gasteiger partial charge in [0.15, 0.2) is 11.5 Å². The summed E-state index contributed by atoms with van der Waals surface area (Å²) in [5.41, 5.74) is 2.24. The highest BCUT2D eigenvalue weighted by molar-refractivity contribution is 5.48. The predicted molar refractivity (Wildman–Crippen MR) is 80.5 cm³/mol. The van der Waals surface area contributed by atoms with Crippen LogP contribution < -0.4 is 9.47 Å². The SMILES string of the molecule is CCCOc1cc2c(cc1OCCC)C(O)CCCC2. The Morgan fingerprint density at radius 1 is 1.05 bits per heavy atom. The summed E-state index contributed by atoms with van der Waals surface area (Å²) in [5, 5.41) is 10.3. The van der Waals surface area contributed by atoms with Gasteiger partial charge in [0.1, 0.15) is 0 Å². The van der Waals surface area contributed by atoms with Gasteiger partial charge in [-0.2, -0.15) is 0 Å². The lowest BCUT2D eigenvalue weighted by Crippen LogP contribution is -2.05. The molecule has 2 rings (SSSR count). The summed E-state index contributed by atoms with van der Waals surface area (Å²) in [5.74, 6) is 1.60. The second-order valence-electron chi connectivity index (χ2n) is 5.46. The summed E-state index contributed by atoms with van der Waals surface area (Å²) in [6, 6.07) is 4.07. The maximum Gasteiger partial charge on any atom is 0.161 e. The van der Waals surface area contributed by atoms with Crippen LogP contribution in [-0.2, 0) is 6.42 Å². The Bertz CT molecular complexity index is 428. The number of ether oxygens (including phenoxy) is 2. The van der Waals surface area contributed by atoms with Crippen LogP contribution in [0.3, 0.4) is 0 Å². The molecule has 3 nitrogen and oxygen atoms in total. The second kappa shape index (κ2) is 7.53. The standard InChI is InChI=1S/C17H26O3/c1-3-9-19-16-11-13-7-5-6-8-15(18)14(13)12-17(16)20-10-4-2/h11-12,15,18H,3-10H2,1-2H3. The Balaban J connectivity index is 2.31. The van der Waals surface area contributed by atoms with E-state index in [4.69, 9.17) is 9.47 Å². The number of hydrogen-bond donors (Lipinski definition) is 1. The molecule has 1 aromatic rings. The van der Waals surface area contributed by atoms with E-state index in [9.17, 15) is 5.11 Å². The van der Waals surface area contributed by atoms with Crippen LogP contribution in [0.1, 0.15) is 63.2 Å². The highest BCUT2D eigenvalue weighted by Gasteiger charge is 2.20. The van der Waals surface area contributed by atoms with Gasteiger partial charge in [0, 0.05) is 0 Å². The van der Waals surface area contributed by atoms with Crippen LogP contribution in [-0.4, -0.2) is 18.3 Å². The van der Waals surface area contributed by atoms with Gasteiger partial charge in [-0.1, -0.05) is 20.3 Å². The Labute approximate surface area is 121 Å². The highest BCUT2D eigenvalue weighted by atomic mass is 16.5. The average Bonchev–Trinajstić information content (AvgIpc) is 2.64. The monoisotopic (exact) mass is 278 g/mol. The van der Waals surface area contributed by atoms with Gasteiger partial charge in [0.05, 0.1) is 19.3 Å². The number of hydrogen-bond acceptors (Lipinski definition) is 3. The van der Waals surface area contributed by atoms with Crippen LogP contribution in [0.5, 0.6) is 11.5 Å². The van der Waals surface area contributed by atoms with Gasteiger partial charge in [-0.05, 0) is 55.4 Å². The minimum Gasteiger partial charge on any atom is -0.490 e. The molecule has 1 aliphatic rings. The molecule has 1 atom stereocenters. The van der Waals surface area contributed by atoms with Crippen molar-refractivity contribution in [3.05, 3.63) is 23.3 Å². The van der Waals surface area contributed by atoms with Gasteiger partial charge in [-0.15, -0.1) is 0 Å². The first kappa shape index (κ1) is 15.2. The molecule has 1 aliphatic carbocycles. The summed E-state index contributed by atoms with van der Waals surface area (Å²) in [6.07, 6.45) is 5.65. The summed E-state index contributed by atoms with van der Waals surface area (Å²) in [4.78, 5) is 0. The summed E-state index contributed by atoms with van der Waals surface area (Å²) in [7, 11) is 0. The minimum absolute atomic E-state index is 0.364. The third kappa shape index (κ3) is 3.66. The summed E-state index contributed by atoms with van der Waals surface area (Å²) < 4.78 is 11.6. The number of aliphatic hydroxyl groups is 1. The molecule has 3 heteroatoms. The molecule has 0 amide bonds. The molecule has 1 unspecified atom stereocenters. The molecule has 0 aromatic heterocycles. The fourth-order valence-electron chi connectivity index (χ4n) is 2.60. The zero-order valence-electron chi connectivity index (χ0n) is 12.7. The van der Waals surface area contributed by atoms with Crippen LogP contribution in [0, 0.1) is 0 Å². The summed E-state index contributed by atoms with van der Waals surface area (Å²) in [6.45, 7) is 5.56. The van der Waals surface area contributed by atoms with Crippen molar-refractivity contribution in [3.8, 4) is 11.5 Å². The van der Waals surface area contributed by atoms with Gasteiger partial charge >= 0.3 is 0 Å². The van der Waals surface area contributed by atoms with Gasteiger partial charge in [0.25, 0.3) is 0 Å². The Morgan fingerprint density at radius 2 is 1.70 bits per heavy atom. The Hall–Kier alpha value is -1.22. The Morgan fingerprint density at radius 3 is 2.35 bits per heavy atom. The largest absolute Gasteiger partial charge is 0.490 e. The van der Waals surface area contributed by atoms with Gasteiger partial charge < -0.3 is 14.6 Å². The molecule has 0 fully saturated rings. The summed E-state index contributed by atoms with van der Waals surface area (Å²) >= 11 is 0. The molecule has 0 radical (unpaired) electrons. The highest BCUT2D eigenvalue weighted by Crippen LogP contribution is 2.37. The third-order valence-corrected chi connectivity index (χ3v) is 3.66. The lowest BCUT2D eigenvalue weighted by atomic mass is 10.00. The van der Waals surface area contributed by atoms with E-state index < -0.39 is 0 Å². The van der Waals surface area contributed by atoms with Gasteiger partial charge in [-0.3, -0.25) is 0 Å². The number of aryl methyl sites for hydroxylation is 1. The lowest BCUT2D eigenvalue weighted by molar-refractivity contribution is 0.165. The van der Waals surface area contributed by atoms with Crippen molar-refractivity contribution in [2.45, 2.75) is 58.5 Å². The number of benzene rings is 1. The molecule has 0 heterocycles. The van der Waals surface area contributed by atoms with Crippen molar-refractivity contribution >= 4 is 0 Å². The first-order valence-corrected chi connectivity index (χ1v) is 7.86. The minimum atomic E-state index is -0.364. The molecular weight excluding hydrogens is 252 g/mol. The maximum atomic E-state index is 10.3. The molecule has 1 N–H and O–H groups in total. The van der Waals surface area contributed by atoms with Crippen molar-refractivity contribution in [2.24, 2.45) is 0 Å². The zero-order chi connectivity index (χ0) is 14.4. The van der Waals surface area contributed by atoms with E-state index in [0.717, 1.165) is 55.6 Å². The second-order valence-corrected chi connectivity index (χ2v) is 5.46. The molecular formula is C17H26O3. The van der Waals surface area contributed by atoms with Crippen LogP contribution in [0.25, 0.3) is 0 Å². The first-order chi connectivity index (χ1) is 9.76. The first-order valence-electron chi connectivity index (χ1n) is 7.86. The molecule has 20 heavy (non-hydrogen) atoms. The smallest absolute Gasteiger partial charge is 0.161 e. The normalized spacial score (nSPS) is 18.2. The van der Waals surface area contributed by atoms with E-state index in [-0.39, 0.29) is 6.10 Å². The molecule has 112 valence electrons. The third-order valence-electron chi connectivity index (χ3n) is 3.66. The van der Waals surface area contributed by atoms with Crippen LogP contribution in [0.4, 0.5) is 0 Å². The van der Waals surface area contributed by atoms with Crippen molar-refractivity contribution in [1.82, 2.24) is 0 Å². The fourth-order valence-corrected chi connectivity index (χ4v) is 2.60. The molecule has 0 spiro atoms. The molecule has 0 saturated carbocycles. The molecule has 0 aliphatic heterocycles. The molecule has 1 aromatic carbocycles. The number of aliphatic hydroxyl groups excluding tert-OH is 1. The van der Waals surface area contributed by atoms with E-state index in [1.54, 1.807) is 0 Å². The van der Waals surface area contributed by atoms with Crippen LogP contribution in [0.2, 0.25) is 0 Å².